The number of aryl methyl sites for hydroxylation is 2. The highest BCUT2D eigenvalue weighted by Crippen LogP contribution is 2.33. The number of aromatic amines is 1. The number of nitrogens with zero attached hydrogens (tertiary/aromatic N) is 7. The van der Waals surface area contributed by atoms with Crippen LogP contribution in [0.1, 0.15) is 17.0 Å². The van der Waals surface area contributed by atoms with Gasteiger partial charge in [-0.1, -0.05) is 36.4 Å². The molecule has 6 aromatic rings. The summed E-state index contributed by atoms with van der Waals surface area (Å²) in [6.07, 6.45) is 5.18. The van der Waals surface area contributed by atoms with Gasteiger partial charge in [-0.25, -0.2) is 19.4 Å². The number of nitrogens with one attached hydrogen (secondary N) is 1. The van der Waals surface area contributed by atoms with E-state index >= 15 is 0 Å². The van der Waals surface area contributed by atoms with Crippen molar-refractivity contribution in [2.75, 3.05) is 5.73 Å². The highest BCUT2D eigenvalue weighted by Gasteiger charge is 2.26. The van der Waals surface area contributed by atoms with E-state index in [0.29, 0.717) is 11.5 Å². The molecule has 0 aliphatic heterocycles. The largest absolute Gasteiger partial charge is 0.411 e. The highest BCUT2D eigenvalue weighted by molar-refractivity contribution is 5.88. The summed E-state index contributed by atoms with van der Waals surface area (Å²) < 4.78 is 4.49. The Hall–Kier alpha value is -5.12. The van der Waals surface area contributed by atoms with E-state index in [1.165, 1.54) is 9.08 Å². The molecule has 5 aromatic heterocycles. The van der Waals surface area contributed by atoms with Crippen LogP contribution in [0.15, 0.2) is 84.0 Å². The summed E-state index contributed by atoms with van der Waals surface area (Å²) in [4.78, 5) is 25.9. The minimum absolute atomic E-state index is 0.190. The van der Waals surface area contributed by atoms with Gasteiger partial charge in [0.15, 0.2) is 5.82 Å². The van der Waals surface area contributed by atoms with Gasteiger partial charge in [0.1, 0.15) is 5.69 Å². The van der Waals surface area contributed by atoms with Crippen LogP contribution in [-0.2, 0) is 6.54 Å². The molecule has 37 heavy (non-hydrogen) atoms. The average Bonchev–Trinajstić information content (AvgIpc) is 3.53. The zero-order valence-electron chi connectivity index (χ0n) is 20.3. The topological polar surface area (TPSA) is 123 Å². The normalized spacial score (nSPS) is 11.3. The SMILES string of the molecule is Cc1cc(-c2c(-c3ccccc3)[nH+]c(N)n3c(=O)n(Cc4cccnc4-n4cccn4)nc23)cc(C)n1. The molecule has 6 rings (SSSR count). The molecule has 0 bridgehead atoms. The summed E-state index contributed by atoms with van der Waals surface area (Å²) in [5, 5.41) is 9.10. The van der Waals surface area contributed by atoms with Gasteiger partial charge in [0.25, 0.3) is 0 Å². The Bertz CT molecular complexity index is 1780. The molecule has 10 nitrogen and oxygen atoms in total. The number of nitrogen functional groups attached to an aromatic ring is 1. The molecule has 0 saturated heterocycles. The maximum Gasteiger partial charge on any atom is 0.411 e. The van der Waals surface area contributed by atoms with E-state index in [4.69, 9.17) is 10.8 Å². The number of hydrogen-bond acceptors (Lipinski definition) is 6. The minimum Gasteiger partial charge on any atom is -0.290 e. The van der Waals surface area contributed by atoms with Crippen molar-refractivity contribution in [3.63, 3.8) is 0 Å². The fourth-order valence-corrected chi connectivity index (χ4v) is 4.64. The second kappa shape index (κ2) is 8.83. The van der Waals surface area contributed by atoms with Gasteiger partial charge < -0.3 is 0 Å². The third kappa shape index (κ3) is 3.94. The van der Waals surface area contributed by atoms with Gasteiger partial charge in [0.2, 0.25) is 5.65 Å². The number of benzene rings is 1. The van der Waals surface area contributed by atoms with Crippen LogP contribution in [0, 0.1) is 13.8 Å². The van der Waals surface area contributed by atoms with Crippen molar-refractivity contribution in [3.8, 4) is 28.2 Å². The van der Waals surface area contributed by atoms with Crippen LogP contribution in [0.5, 0.6) is 0 Å². The zero-order valence-corrected chi connectivity index (χ0v) is 20.3. The summed E-state index contributed by atoms with van der Waals surface area (Å²) in [7, 11) is 0. The molecule has 182 valence electrons. The smallest absolute Gasteiger partial charge is 0.290 e. The van der Waals surface area contributed by atoms with Crippen LogP contribution in [0.4, 0.5) is 5.95 Å². The fourth-order valence-electron chi connectivity index (χ4n) is 4.64. The van der Waals surface area contributed by atoms with Crippen molar-refractivity contribution in [2.45, 2.75) is 20.4 Å². The molecule has 0 unspecified atom stereocenters. The fraction of sp³-hybridized carbons (Fsp3) is 0.111. The third-order valence-corrected chi connectivity index (χ3v) is 6.15. The van der Waals surface area contributed by atoms with Crippen molar-refractivity contribution in [2.24, 2.45) is 0 Å². The molecule has 0 atom stereocenters. The Labute approximate surface area is 211 Å². The molecule has 0 spiro atoms. The summed E-state index contributed by atoms with van der Waals surface area (Å²) in [5.41, 5.74) is 12.4. The van der Waals surface area contributed by atoms with E-state index in [0.717, 1.165) is 39.3 Å². The quantitative estimate of drug-likeness (QED) is 0.396. The van der Waals surface area contributed by atoms with Gasteiger partial charge in [-0.05, 0) is 43.7 Å². The minimum atomic E-state index is -0.359. The van der Waals surface area contributed by atoms with Gasteiger partial charge in [-0.2, -0.15) is 9.78 Å². The van der Waals surface area contributed by atoms with Gasteiger partial charge in [0.05, 0.1) is 12.1 Å². The zero-order chi connectivity index (χ0) is 25.5. The van der Waals surface area contributed by atoms with E-state index in [2.05, 4.69) is 20.1 Å². The van der Waals surface area contributed by atoms with Crippen molar-refractivity contribution in [1.82, 2.24) is 33.9 Å². The van der Waals surface area contributed by atoms with Crippen LogP contribution in [-0.4, -0.2) is 33.9 Å². The van der Waals surface area contributed by atoms with Crippen molar-refractivity contribution < 1.29 is 4.98 Å². The Morgan fingerprint density at radius 3 is 2.46 bits per heavy atom. The lowest BCUT2D eigenvalue weighted by atomic mass is 9.99. The number of hydrogen-bond donors (Lipinski definition) is 1. The summed E-state index contributed by atoms with van der Waals surface area (Å²) in [6.45, 7) is 4.08. The first-order chi connectivity index (χ1) is 18.0. The van der Waals surface area contributed by atoms with Gasteiger partial charge in [0, 0.05) is 41.1 Å². The molecule has 0 fully saturated rings. The van der Waals surface area contributed by atoms with E-state index in [1.807, 2.05) is 80.7 Å². The lowest BCUT2D eigenvalue weighted by Gasteiger charge is -2.10. The number of pyridine rings is 2. The maximum atomic E-state index is 13.6. The maximum absolute atomic E-state index is 13.6. The summed E-state index contributed by atoms with van der Waals surface area (Å²) in [5.74, 6) is 0.816. The molecular formula is C27H24N9O+. The number of fused-ring (bicyclic) bond motifs is 1. The molecule has 10 heteroatoms. The molecule has 0 aliphatic rings. The van der Waals surface area contributed by atoms with Crippen LogP contribution in [0.3, 0.4) is 0 Å². The molecule has 0 radical (unpaired) electrons. The molecular weight excluding hydrogens is 466 g/mol. The Balaban J connectivity index is 1.61. The van der Waals surface area contributed by atoms with Crippen LogP contribution >= 0.6 is 0 Å². The van der Waals surface area contributed by atoms with Gasteiger partial charge in [-0.3, -0.25) is 10.7 Å². The first-order valence-electron chi connectivity index (χ1n) is 11.8. The van der Waals surface area contributed by atoms with Crippen LogP contribution in [0.25, 0.3) is 33.8 Å². The highest BCUT2D eigenvalue weighted by atomic mass is 16.2. The Morgan fingerprint density at radius 2 is 1.73 bits per heavy atom. The first kappa shape index (κ1) is 22.4. The number of rotatable bonds is 5. The second-order valence-electron chi connectivity index (χ2n) is 8.80. The molecule has 5 heterocycles. The monoisotopic (exact) mass is 490 g/mol. The lowest BCUT2D eigenvalue weighted by Crippen LogP contribution is -2.28. The van der Waals surface area contributed by atoms with Gasteiger partial charge >= 0.3 is 11.6 Å². The molecule has 0 amide bonds. The van der Waals surface area contributed by atoms with E-state index in [1.54, 1.807) is 17.1 Å². The number of H-pyrrole nitrogens is 1. The Kier molecular flexibility index (Phi) is 5.33. The lowest BCUT2D eigenvalue weighted by molar-refractivity contribution is -0.351. The molecule has 3 N–H and O–H groups in total. The summed E-state index contributed by atoms with van der Waals surface area (Å²) >= 11 is 0. The number of anilines is 1. The number of nitrogens with two attached hydrogens (primary N) is 1. The van der Waals surface area contributed by atoms with E-state index < -0.39 is 0 Å². The predicted octanol–water partition coefficient (Wildman–Crippen LogP) is 2.87. The standard InChI is InChI=1S/C27H23N9O/c1-17-14-21(15-18(2)31-17)22-23(19-8-4-3-5-9-19)32-26(28)36-25(22)33-35(27(36)37)16-20-10-6-11-29-24(20)34-13-7-12-30-34/h3-15H,16H2,1-2H3,(H2,28,32)/p+1. The summed E-state index contributed by atoms with van der Waals surface area (Å²) in [6, 6.07) is 19.4. The third-order valence-electron chi connectivity index (χ3n) is 6.15. The van der Waals surface area contributed by atoms with E-state index in [-0.39, 0.29) is 18.2 Å². The average molecular weight is 491 g/mol. The number of aromatic nitrogens is 8. The van der Waals surface area contributed by atoms with Gasteiger partial charge in [-0.15, -0.1) is 9.50 Å². The van der Waals surface area contributed by atoms with Crippen LogP contribution < -0.4 is 16.4 Å². The molecule has 1 aromatic carbocycles. The molecule has 0 aliphatic carbocycles. The Morgan fingerprint density at radius 1 is 0.946 bits per heavy atom. The first-order valence-corrected chi connectivity index (χ1v) is 11.8. The van der Waals surface area contributed by atoms with Crippen molar-refractivity contribution in [3.05, 3.63) is 107 Å². The van der Waals surface area contributed by atoms with Crippen LogP contribution in [0.2, 0.25) is 0 Å². The van der Waals surface area contributed by atoms with E-state index in [9.17, 15) is 4.79 Å². The predicted molar refractivity (Wildman–Crippen MR) is 139 cm³/mol. The second-order valence-corrected chi connectivity index (χ2v) is 8.80. The van der Waals surface area contributed by atoms with Crippen molar-refractivity contribution in [1.29, 1.82) is 0 Å². The van der Waals surface area contributed by atoms with Crippen molar-refractivity contribution >= 4 is 11.6 Å². The molecule has 0 saturated carbocycles.